The van der Waals surface area contributed by atoms with E-state index in [4.69, 9.17) is 14.2 Å². The van der Waals surface area contributed by atoms with Crippen molar-refractivity contribution in [2.24, 2.45) is 0 Å². The first kappa shape index (κ1) is 18.3. The number of carboxylic acid groups (broad SMARTS) is 1. The van der Waals surface area contributed by atoms with Crippen LogP contribution in [-0.4, -0.2) is 31.3 Å². The van der Waals surface area contributed by atoms with Crippen LogP contribution in [0.3, 0.4) is 0 Å². The fourth-order valence-corrected chi connectivity index (χ4v) is 2.71. The van der Waals surface area contributed by atoms with Gasteiger partial charge in [0.25, 0.3) is 0 Å². The van der Waals surface area contributed by atoms with E-state index in [1.165, 1.54) is 21.1 Å². The standard InChI is InChI=1S/C19H20O6/c1-11-14(18(20)21)17(25-10-13-8-6-5-7-9-13)12(2)16(23-3)15(11)19(22)24-4/h5-9H,10H2,1-4H3,(H,20,21). The molecule has 25 heavy (non-hydrogen) atoms. The van der Waals surface area contributed by atoms with Gasteiger partial charge in [-0.25, -0.2) is 9.59 Å². The van der Waals surface area contributed by atoms with E-state index in [0.717, 1.165) is 5.56 Å². The highest BCUT2D eigenvalue weighted by atomic mass is 16.5. The molecule has 0 aliphatic rings. The molecule has 2 aromatic carbocycles. The van der Waals surface area contributed by atoms with Gasteiger partial charge in [-0.2, -0.15) is 0 Å². The lowest BCUT2D eigenvalue weighted by molar-refractivity contribution is 0.0596. The second-order valence-corrected chi connectivity index (χ2v) is 5.43. The predicted octanol–water partition coefficient (Wildman–Crippen LogP) is 3.38. The van der Waals surface area contributed by atoms with Crippen molar-refractivity contribution in [1.29, 1.82) is 0 Å². The van der Waals surface area contributed by atoms with E-state index in [-0.39, 0.29) is 34.8 Å². The zero-order chi connectivity index (χ0) is 18.6. The minimum Gasteiger partial charge on any atom is -0.495 e. The first-order chi connectivity index (χ1) is 11.9. The minimum atomic E-state index is -1.18. The van der Waals surface area contributed by atoms with Gasteiger partial charge < -0.3 is 19.3 Å². The minimum absolute atomic E-state index is 0.0744. The van der Waals surface area contributed by atoms with E-state index in [1.807, 2.05) is 30.3 Å². The van der Waals surface area contributed by atoms with Gasteiger partial charge in [-0.1, -0.05) is 30.3 Å². The summed E-state index contributed by atoms with van der Waals surface area (Å²) in [6, 6.07) is 9.38. The summed E-state index contributed by atoms with van der Waals surface area (Å²) in [4.78, 5) is 23.9. The Morgan fingerprint density at radius 2 is 1.60 bits per heavy atom. The number of methoxy groups -OCH3 is 2. The third-order valence-electron chi connectivity index (χ3n) is 3.92. The van der Waals surface area contributed by atoms with Gasteiger partial charge in [-0.05, 0) is 25.0 Å². The van der Waals surface area contributed by atoms with Crippen molar-refractivity contribution in [3.05, 3.63) is 58.1 Å². The molecular formula is C19H20O6. The molecule has 0 aliphatic heterocycles. The summed E-state index contributed by atoms with van der Waals surface area (Å²) >= 11 is 0. The molecule has 0 aromatic heterocycles. The smallest absolute Gasteiger partial charge is 0.341 e. The molecule has 0 radical (unpaired) electrons. The molecule has 6 heteroatoms. The molecule has 0 atom stereocenters. The molecule has 0 saturated carbocycles. The SMILES string of the molecule is COC(=O)c1c(C)c(C(=O)O)c(OCc2ccccc2)c(C)c1OC. The van der Waals surface area contributed by atoms with E-state index >= 15 is 0 Å². The van der Waals surface area contributed by atoms with Crippen LogP contribution >= 0.6 is 0 Å². The Balaban J connectivity index is 2.60. The first-order valence-electron chi connectivity index (χ1n) is 7.61. The third-order valence-corrected chi connectivity index (χ3v) is 3.92. The zero-order valence-electron chi connectivity index (χ0n) is 14.6. The Hall–Kier alpha value is -3.02. The van der Waals surface area contributed by atoms with Crippen LogP contribution in [0, 0.1) is 13.8 Å². The number of carboxylic acids is 1. The number of hydrogen-bond acceptors (Lipinski definition) is 5. The average Bonchev–Trinajstić information content (AvgIpc) is 2.61. The molecule has 0 unspecified atom stereocenters. The fourth-order valence-electron chi connectivity index (χ4n) is 2.71. The molecule has 0 spiro atoms. The summed E-state index contributed by atoms with van der Waals surface area (Å²) < 4.78 is 15.9. The number of benzene rings is 2. The topological polar surface area (TPSA) is 82.1 Å². The Morgan fingerprint density at radius 1 is 0.960 bits per heavy atom. The van der Waals surface area contributed by atoms with Crippen molar-refractivity contribution in [2.75, 3.05) is 14.2 Å². The van der Waals surface area contributed by atoms with Crippen molar-refractivity contribution in [3.63, 3.8) is 0 Å². The Morgan fingerprint density at radius 3 is 2.12 bits per heavy atom. The summed E-state index contributed by atoms with van der Waals surface area (Å²) in [5, 5.41) is 9.64. The maximum atomic E-state index is 12.1. The van der Waals surface area contributed by atoms with Crippen LogP contribution in [0.25, 0.3) is 0 Å². The number of rotatable bonds is 6. The Kier molecular flexibility index (Phi) is 5.64. The van der Waals surface area contributed by atoms with Crippen LogP contribution in [0.4, 0.5) is 0 Å². The van der Waals surface area contributed by atoms with Gasteiger partial charge in [0.1, 0.15) is 29.2 Å². The van der Waals surface area contributed by atoms with Crippen molar-refractivity contribution < 1.29 is 28.9 Å². The average molecular weight is 344 g/mol. The number of aromatic carboxylic acids is 1. The van der Waals surface area contributed by atoms with Gasteiger partial charge in [0.15, 0.2) is 0 Å². The summed E-state index contributed by atoms with van der Waals surface area (Å²) in [5.74, 6) is -1.42. The van der Waals surface area contributed by atoms with Gasteiger partial charge in [-0.3, -0.25) is 0 Å². The van der Waals surface area contributed by atoms with Gasteiger partial charge in [-0.15, -0.1) is 0 Å². The fraction of sp³-hybridized carbons (Fsp3) is 0.263. The normalized spacial score (nSPS) is 10.2. The van der Waals surface area contributed by atoms with Crippen molar-refractivity contribution in [1.82, 2.24) is 0 Å². The second-order valence-electron chi connectivity index (χ2n) is 5.43. The predicted molar refractivity (Wildman–Crippen MR) is 91.5 cm³/mol. The number of carbonyl (C=O) groups excluding carboxylic acids is 1. The second kappa shape index (κ2) is 7.70. The van der Waals surface area contributed by atoms with Crippen molar-refractivity contribution >= 4 is 11.9 Å². The zero-order valence-corrected chi connectivity index (χ0v) is 14.6. The lowest BCUT2D eigenvalue weighted by Crippen LogP contribution is -2.15. The van der Waals surface area contributed by atoms with Crippen LogP contribution < -0.4 is 9.47 Å². The van der Waals surface area contributed by atoms with E-state index in [9.17, 15) is 14.7 Å². The molecule has 2 rings (SSSR count). The van der Waals surface area contributed by atoms with Crippen LogP contribution in [0.5, 0.6) is 11.5 Å². The molecule has 6 nitrogen and oxygen atoms in total. The lowest BCUT2D eigenvalue weighted by Gasteiger charge is -2.20. The lowest BCUT2D eigenvalue weighted by atomic mass is 9.96. The van der Waals surface area contributed by atoms with Gasteiger partial charge >= 0.3 is 11.9 Å². The van der Waals surface area contributed by atoms with Crippen LogP contribution in [-0.2, 0) is 11.3 Å². The molecule has 0 fully saturated rings. The first-order valence-corrected chi connectivity index (χ1v) is 7.61. The molecular weight excluding hydrogens is 324 g/mol. The van der Waals surface area contributed by atoms with E-state index in [0.29, 0.717) is 5.56 Å². The molecule has 0 bridgehead atoms. The van der Waals surface area contributed by atoms with Crippen LogP contribution in [0.15, 0.2) is 30.3 Å². The van der Waals surface area contributed by atoms with Crippen LogP contribution in [0.1, 0.15) is 37.4 Å². The van der Waals surface area contributed by atoms with Crippen molar-refractivity contribution in [3.8, 4) is 11.5 Å². The number of hydrogen-bond donors (Lipinski definition) is 1. The molecule has 132 valence electrons. The molecule has 0 saturated heterocycles. The summed E-state index contributed by atoms with van der Waals surface area (Å²) in [7, 11) is 2.65. The molecule has 0 aliphatic carbocycles. The highest BCUT2D eigenvalue weighted by Crippen LogP contribution is 2.39. The van der Waals surface area contributed by atoms with E-state index in [1.54, 1.807) is 6.92 Å². The maximum Gasteiger partial charge on any atom is 0.341 e. The summed E-state index contributed by atoms with van der Waals surface area (Å²) in [6.07, 6.45) is 0. The molecule has 0 heterocycles. The Bertz CT molecular complexity index is 796. The van der Waals surface area contributed by atoms with E-state index in [2.05, 4.69) is 0 Å². The number of carbonyl (C=O) groups is 2. The summed E-state index contributed by atoms with van der Waals surface area (Å²) in [6.45, 7) is 3.38. The largest absolute Gasteiger partial charge is 0.495 e. The highest BCUT2D eigenvalue weighted by molar-refractivity contribution is 6.02. The number of ether oxygens (including phenoxy) is 3. The molecule has 1 N–H and O–H groups in total. The summed E-state index contributed by atoms with van der Waals surface area (Å²) in [5.41, 5.74) is 1.58. The highest BCUT2D eigenvalue weighted by Gasteiger charge is 2.29. The van der Waals surface area contributed by atoms with Gasteiger partial charge in [0.2, 0.25) is 0 Å². The quantitative estimate of drug-likeness (QED) is 0.809. The maximum absolute atomic E-state index is 12.1. The number of esters is 1. The Labute approximate surface area is 146 Å². The third kappa shape index (κ3) is 3.57. The molecule has 2 aromatic rings. The molecule has 0 amide bonds. The van der Waals surface area contributed by atoms with E-state index < -0.39 is 11.9 Å². The van der Waals surface area contributed by atoms with Crippen molar-refractivity contribution in [2.45, 2.75) is 20.5 Å². The van der Waals surface area contributed by atoms with Crippen LogP contribution in [0.2, 0.25) is 0 Å². The van der Waals surface area contributed by atoms with Gasteiger partial charge in [0.05, 0.1) is 14.2 Å². The van der Waals surface area contributed by atoms with Gasteiger partial charge in [0, 0.05) is 5.56 Å². The monoisotopic (exact) mass is 344 g/mol.